The van der Waals surface area contributed by atoms with Crippen LogP contribution in [0.15, 0.2) is 77.3 Å². The molecule has 0 saturated carbocycles. The first-order chi connectivity index (χ1) is 16.4. The van der Waals surface area contributed by atoms with Crippen LogP contribution in [0.4, 0.5) is 0 Å². The van der Waals surface area contributed by atoms with Gasteiger partial charge < -0.3 is 10.2 Å². The average molecular weight is 521 g/mol. The summed E-state index contributed by atoms with van der Waals surface area (Å²) in [7, 11) is 0. The summed E-state index contributed by atoms with van der Waals surface area (Å²) in [6.07, 6.45) is 1.56. The molecule has 34 heavy (non-hydrogen) atoms. The van der Waals surface area contributed by atoms with Crippen molar-refractivity contribution in [1.29, 1.82) is 0 Å². The molecule has 3 aromatic rings. The van der Waals surface area contributed by atoms with Crippen LogP contribution in [0, 0.1) is 13.8 Å². The summed E-state index contributed by atoms with van der Waals surface area (Å²) < 4.78 is 0.978. The van der Waals surface area contributed by atoms with E-state index in [-0.39, 0.29) is 18.2 Å². The number of carbonyl (C=O) groups is 2. The molecule has 2 amide bonds. The molecule has 3 aromatic carbocycles. The number of amides is 2. The van der Waals surface area contributed by atoms with Crippen LogP contribution in [0.5, 0.6) is 0 Å². The number of aryl methyl sites for hydroxylation is 2. The second-order valence-electron chi connectivity index (χ2n) is 8.75. The smallest absolute Gasteiger partial charge is 0.243 e. The van der Waals surface area contributed by atoms with Crippen LogP contribution in [0.1, 0.15) is 41.2 Å². The fraction of sp³-hybridized carbons (Fsp3) is 0.310. The molecular weight excluding hydrogens is 488 g/mol. The maximum Gasteiger partial charge on any atom is 0.243 e. The summed E-state index contributed by atoms with van der Waals surface area (Å²) in [4.78, 5) is 28.9. The number of hydrogen-bond acceptors (Lipinski definition) is 2. The highest BCUT2D eigenvalue weighted by Crippen LogP contribution is 2.20. The van der Waals surface area contributed by atoms with Crippen LogP contribution in [0.2, 0.25) is 0 Å². The zero-order chi connectivity index (χ0) is 24.5. The first-order valence-electron chi connectivity index (χ1n) is 11.8. The molecule has 0 unspecified atom stereocenters. The van der Waals surface area contributed by atoms with E-state index in [0.29, 0.717) is 19.5 Å². The van der Waals surface area contributed by atoms with Gasteiger partial charge in [0.2, 0.25) is 11.8 Å². The normalized spacial score (nSPS) is 11.6. The lowest BCUT2D eigenvalue weighted by Gasteiger charge is -2.32. The third-order valence-electron chi connectivity index (χ3n) is 5.93. The Morgan fingerprint density at radius 1 is 0.941 bits per heavy atom. The molecule has 0 aromatic heterocycles. The van der Waals surface area contributed by atoms with Crippen molar-refractivity contribution in [1.82, 2.24) is 10.2 Å². The number of carbonyl (C=O) groups excluding carboxylic acids is 2. The van der Waals surface area contributed by atoms with Crippen molar-refractivity contribution in [3.8, 4) is 0 Å². The molecule has 0 aliphatic heterocycles. The van der Waals surface area contributed by atoms with Gasteiger partial charge in [0.15, 0.2) is 0 Å². The molecule has 0 heterocycles. The monoisotopic (exact) mass is 520 g/mol. The highest BCUT2D eigenvalue weighted by Gasteiger charge is 2.30. The van der Waals surface area contributed by atoms with E-state index in [9.17, 15) is 9.59 Å². The summed E-state index contributed by atoms with van der Waals surface area (Å²) in [5.74, 6) is -0.165. The molecule has 0 aliphatic carbocycles. The van der Waals surface area contributed by atoms with E-state index in [4.69, 9.17) is 0 Å². The van der Waals surface area contributed by atoms with E-state index in [1.165, 1.54) is 0 Å². The summed E-state index contributed by atoms with van der Waals surface area (Å²) in [6.45, 7) is 7.03. The highest BCUT2D eigenvalue weighted by molar-refractivity contribution is 9.10. The quantitative estimate of drug-likeness (QED) is 0.368. The van der Waals surface area contributed by atoms with E-state index in [1.807, 2.05) is 81.4 Å². The van der Waals surface area contributed by atoms with Crippen LogP contribution in [-0.4, -0.2) is 29.3 Å². The molecule has 4 nitrogen and oxygen atoms in total. The molecule has 178 valence electrons. The predicted octanol–water partition coefficient (Wildman–Crippen LogP) is 5.77. The SMILES string of the molecule is CCCNC(=O)[C@@H](Cc1ccccc1)N(Cc1ccc(Br)cc1)C(=O)Cc1cc(C)ccc1C. The third-order valence-corrected chi connectivity index (χ3v) is 6.46. The van der Waals surface area contributed by atoms with Crippen molar-refractivity contribution in [2.24, 2.45) is 0 Å². The minimum Gasteiger partial charge on any atom is -0.354 e. The molecule has 1 N–H and O–H groups in total. The van der Waals surface area contributed by atoms with Gasteiger partial charge in [-0.1, -0.05) is 89.1 Å². The van der Waals surface area contributed by atoms with Crippen LogP contribution in [-0.2, 0) is 29.0 Å². The molecule has 5 heteroatoms. The first-order valence-corrected chi connectivity index (χ1v) is 12.6. The third kappa shape index (κ3) is 7.29. The van der Waals surface area contributed by atoms with Crippen molar-refractivity contribution in [2.45, 2.75) is 52.6 Å². The van der Waals surface area contributed by atoms with Gasteiger partial charge in [0.25, 0.3) is 0 Å². The summed E-state index contributed by atoms with van der Waals surface area (Å²) in [5, 5.41) is 3.03. The Hall–Kier alpha value is -2.92. The predicted molar refractivity (Wildman–Crippen MR) is 142 cm³/mol. The van der Waals surface area contributed by atoms with Gasteiger partial charge >= 0.3 is 0 Å². The van der Waals surface area contributed by atoms with E-state index >= 15 is 0 Å². The Bertz CT molecular complexity index is 1100. The van der Waals surface area contributed by atoms with Crippen LogP contribution in [0.3, 0.4) is 0 Å². The van der Waals surface area contributed by atoms with Gasteiger partial charge in [-0.3, -0.25) is 9.59 Å². The van der Waals surface area contributed by atoms with Crippen molar-refractivity contribution >= 4 is 27.7 Å². The van der Waals surface area contributed by atoms with Gasteiger partial charge in [0.1, 0.15) is 6.04 Å². The molecule has 0 fully saturated rings. The zero-order valence-electron chi connectivity index (χ0n) is 20.2. The molecule has 1 atom stereocenters. The molecule has 0 spiro atoms. The number of nitrogens with one attached hydrogen (secondary N) is 1. The Morgan fingerprint density at radius 2 is 1.65 bits per heavy atom. The molecule has 3 rings (SSSR count). The molecule has 0 radical (unpaired) electrons. The first kappa shape index (κ1) is 25.7. The number of halogens is 1. The van der Waals surface area contributed by atoms with Gasteiger partial charge in [-0.05, 0) is 54.7 Å². The zero-order valence-corrected chi connectivity index (χ0v) is 21.8. The Kier molecular flexibility index (Phi) is 9.46. The van der Waals surface area contributed by atoms with Crippen molar-refractivity contribution < 1.29 is 9.59 Å². The minimum atomic E-state index is -0.602. The summed E-state index contributed by atoms with van der Waals surface area (Å²) >= 11 is 3.48. The van der Waals surface area contributed by atoms with Crippen LogP contribution in [0.25, 0.3) is 0 Å². The molecular formula is C29H33BrN2O2. The minimum absolute atomic E-state index is 0.0517. The fourth-order valence-electron chi connectivity index (χ4n) is 3.96. The lowest BCUT2D eigenvalue weighted by molar-refractivity contribution is -0.140. The summed E-state index contributed by atoms with van der Waals surface area (Å²) in [5.41, 5.74) is 5.21. The van der Waals surface area contributed by atoms with E-state index in [1.54, 1.807) is 4.90 Å². The summed E-state index contributed by atoms with van der Waals surface area (Å²) in [6, 6.07) is 23.4. The number of nitrogens with zero attached hydrogens (tertiary/aromatic N) is 1. The van der Waals surface area contributed by atoms with E-state index < -0.39 is 6.04 Å². The van der Waals surface area contributed by atoms with E-state index in [2.05, 4.69) is 33.4 Å². The van der Waals surface area contributed by atoms with Crippen molar-refractivity contribution in [3.05, 3.63) is 105 Å². The average Bonchev–Trinajstić information content (AvgIpc) is 2.83. The largest absolute Gasteiger partial charge is 0.354 e. The topological polar surface area (TPSA) is 49.4 Å². The molecule has 0 aliphatic rings. The second-order valence-corrected chi connectivity index (χ2v) is 9.67. The highest BCUT2D eigenvalue weighted by atomic mass is 79.9. The Balaban J connectivity index is 1.97. The second kappa shape index (κ2) is 12.5. The maximum atomic E-state index is 13.8. The lowest BCUT2D eigenvalue weighted by atomic mass is 9.99. The van der Waals surface area contributed by atoms with E-state index in [0.717, 1.165) is 38.7 Å². The Morgan fingerprint density at radius 3 is 2.32 bits per heavy atom. The van der Waals surface area contributed by atoms with Crippen LogP contribution < -0.4 is 5.32 Å². The lowest BCUT2D eigenvalue weighted by Crippen LogP contribution is -2.51. The number of benzene rings is 3. The molecule has 0 saturated heterocycles. The fourth-order valence-corrected chi connectivity index (χ4v) is 4.23. The van der Waals surface area contributed by atoms with Crippen LogP contribution >= 0.6 is 15.9 Å². The van der Waals surface area contributed by atoms with Gasteiger partial charge in [0, 0.05) is 24.0 Å². The van der Waals surface area contributed by atoms with Gasteiger partial charge in [-0.25, -0.2) is 0 Å². The van der Waals surface area contributed by atoms with Gasteiger partial charge in [-0.2, -0.15) is 0 Å². The molecule has 0 bridgehead atoms. The van der Waals surface area contributed by atoms with Gasteiger partial charge in [0.05, 0.1) is 6.42 Å². The van der Waals surface area contributed by atoms with Gasteiger partial charge in [-0.15, -0.1) is 0 Å². The number of hydrogen-bond donors (Lipinski definition) is 1. The number of rotatable bonds is 10. The van der Waals surface area contributed by atoms with Crippen molar-refractivity contribution in [2.75, 3.05) is 6.54 Å². The Labute approximate surface area is 211 Å². The van der Waals surface area contributed by atoms with Crippen molar-refractivity contribution in [3.63, 3.8) is 0 Å². The standard InChI is InChI=1S/C29H33BrN2O2/c1-4-16-31-29(34)27(18-23-8-6-5-7-9-23)32(20-24-12-14-26(30)15-13-24)28(33)19-25-17-21(2)10-11-22(25)3/h5-15,17,27H,4,16,18-20H2,1-3H3,(H,31,34)/t27-/m1/s1. The maximum absolute atomic E-state index is 13.8.